The van der Waals surface area contributed by atoms with Gasteiger partial charge < -0.3 is 10.4 Å². The third-order valence-corrected chi connectivity index (χ3v) is 4.18. The minimum absolute atomic E-state index is 0.0681. The van der Waals surface area contributed by atoms with Crippen molar-refractivity contribution >= 4 is 23.7 Å². The lowest BCUT2D eigenvalue weighted by Gasteiger charge is -2.17. The van der Waals surface area contributed by atoms with Gasteiger partial charge in [-0.05, 0) is 43.9 Å². The number of hydrogen-bond donors (Lipinski definition) is 2. The summed E-state index contributed by atoms with van der Waals surface area (Å²) in [5.74, 6) is 1.80. The lowest BCUT2D eigenvalue weighted by atomic mass is 10.1. The fourth-order valence-electron chi connectivity index (χ4n) is 2.45. The molecule has 0 amide bonds. The Bertz CT molecular complexity index is 715. The van der Waals surface area contributed by atoms with Gasteiger partial charge in [-0.25, -0.2) is 9.97 Å². The maximum atomic E-state index is 11.2. The fraction of sp³-hybridized carbons (Fsp3) is 0.353. The van der Waals surface area contributed by atoms with Crippen molar-refractivity contribution in [2.75, 3.05) is 5.32 Å². The van der Waals surface area contributed by atoms with E-state index < -0.39 is 0 Å². The minimum atomic E-state index is 0.0681. The standard InChI is InChI=1S/C17H18ClN3O2/c1-10(8-11-2-6-13(23)7-3-11)19-17-15(18)14(9-22)20-16(21-17)12-4-5-12/h2-3,6-7,9-10,12,23H,4-5,8H2,1H3,(H,19,20,21)/t10-/m1/s1. The first kappa shape index (κ1) is 15.7. The number of carbonyl (C=O) groups excluding carboxylic acids is 1. The van der Waals surface area contributed by atoms with Crippen LogP contribution in [0, 0.1) is 0 Å². The van der Waals surface area contributed by atoms with Crippen LogP contribution >= 0.6 is 11.6 Å². The number of nitrogens with one attached hydrogen (secondary N) is 1. The molecule has 0 spiro atoms. The predicted octanol–water partition coefficient (Wildman–Crippen LogP) is 3.57. The van der Waals surface area contributed by atoms with Crippen molar-refractivity contribution in [3.63, 3.8) is 0 Å². The first-order chi connectivity index (χ1) is 11.1. The highest BCUT2D eigenvalue weighted by Gasteiger charge is 2.28. The number of halogens is 1. The number of phenolic OH excluding ortho intramolecular Hbond substituents is 1. The second-order valence-corrected chi connectivity index (χ2v) is 6.32. The summed E-state index contributed by atoms with van der Waals surface area (Å²) in [5.41, 5.74) is 1.33. The number of phenols is 1. The summed E-state index contributed by atoms with van der Waals surface area (Å²) in [6.07, 6.45) is 3.53. The van der Waals surface area contributed by atoms with E-state index in [1.54, 1.807) is 12.1 Å². The molecule has 1 fully saturated rings. The molecule has 5 nitrogen and oxygen atoms in total. The summed E-state index contributed by atoms with van der Waals surface area (Å²) >= 11 is 6.22. The van der Waals surface area contributed by atoms with Crippen molar-refractivity contribution in [2.45, 2.75) is 38.1 Å². The monoisotopic (exact) mass is 331 g/mol. The van der Waals surface area contributed by atoms with Crippen LogP contribution in [0.1, 0.15) is 47.6 Å². The molecule has 0 saturated heterocycles. The van der Waals surface area contributed by atoms with E-state index in [9.17, 15) is 9.90 Å². The van der Waals surface area contributed by atoms with Gasteiger partial charge in [0.2, 0.25) is 0 Å². The second kappa shape index (κ2) is 6.54. The van der Waals surface area contributed by atoms with E-state index in [4.69, 9.17) is 11.6 Å². The molecule has 2 aromatic rings. The Kier molecular flexibility index (Phi) is 4.48. The number of rotatable bonds is 6. The van der Waals surface area contributed by atoms with Gasteiger partial charge >= 0.3 is 0 Å². The molecule has 1 heterocycles. The first-order valence-corrected chi connectivity index (χ1v) is 8.01. The van der Waals surface area contributed by atoms with Crippen molar-refractivity contribution in [1.29, 1.82) is 0 Å². The highest BCUT2D eigenvalue weighted by atomic mass is 35.5. The van der Waals surface area contributed by atoms with Crippen LogP contribution in [0.2, 0.25) is 5.02 Å². The van der Waals surface area contributed by atoms with E-state index in [0.717, 1.165) is 24.8 Å². The molecule has 1 aliphatic rings. The predicted molar refractivity (Wildman–Crippen MR) is 89.3 cm³/mol. The number of anilines is 1. The minimum Gasteiger partial charge on any atom is -0.508 e. The number of aromatic hydroxyl groups is 1. The van der Waals surface area contributed by atoms with Crippen LogP contribution < -0.4 is 5.32 Å². The second-order valence-electron chi connectivity index (χ2n) is 5.94. The topological polar surface area (TPSA) is 75.1 Å². The molecule has 23 heavy (non-hydrogen) atoms. The highest BCUT2D eigenvalue weighted by molar-refractivity contribution is 6.35. The van der Waals surface area contributed by atoms with Crippen molar-refractivity contribution in [2.24, 2.45) is 0 Å². The molecule has 120 valence electrons. The molecule has 0 unspecified atom stereocenters. The number of nitrogens with zero attached hydrogens (tertiary/aromatic N) is 2. The average Bonchev–Trinajstić information content (AvgIpc) is 3.36. The zero-order valence-electron chi connectivity index (χ0n) is 12.8. The summed E-state index contributed by atoms with van der Waals surface area (Å²) in [6.45, 7) is 2.02. The van der Waals surface area contributed by atoms with Gasteiger partial charge in [0, 0.05) is 12.0 Å². The number of benzene rings is 1. The number of hydrogen-bond acceptors (Lipinski definition) is 5. The lowest BCUT2D eigenvalue weighted by molar-refractivity contribution is 0.111. The summed E-state index contributed by atoms with van der Waals surface area (Å²) < 4.78 is 0. The van der Waals surface area contributed by atoms with Gasteiger partial charge in [0.25, 0.3) is 0 Å². The zero-order valence-corrected chi connectivity index (χ0v) is 13.5. The van der Waals surface area contributed by atoms with Gasteiger partial charge in [0.15, 0.2) is 6.29 Å². The fourth-order valence-corrected chi connectivity index (χ4v) is 2.63. The Labute approximate surface area is 139 Å². The molecule has 1 atom stereocenters. The Hall–Kier alpha value is -2.14. The van der Waals surface area contributed by atoms with Crippen molar-refractivity contribution < 1.29 is 9.90 Å². The summed E-state index contributed by atoms with van der Waals surface area (Å²) in [6, 6.07) is 7.15. The van der Waals surface area contributed by atoms with E-state index >= 15 is 0 Å². The van der Waals surface area contributed by atoms with Crippen LogP contribution in [-0.2, 0) is 6.42 Å². The number of aromatic nitrogens is 2. The Morgan fingerprint density at radius 2 is 2.04 bits per heavy atom. The van der Waals surface area contributed by atoms with E-state index in [1.165, 1.54) is 0 Å². The van der Waals surface area contributed by atoms with Gasteiger partial charge in [0.1, 0.15) is 28.1 Å². The normalized spacial score (nSPS) is 15.2. The molecule has 0 bridgehead atoms. The Morgan fingerprint density at radius 1 is 1.35 bits per heavy atom. The Balaban J connectivity index is 1.76. The van der Waals surface area contributed by atoms with Crippen molar-refractivity contribution in [3.05, 3.63) is 46.4 Å². The molecule has 0 aliphatic heterocycles. The molecule has 2 N–H and O–H groups in total. The smallest absolute Gasteiger partial charge is 0.170 e. The number of carbonyl (C=O) groups is 1. The van der Waals surface area contributed by atoms with Crippen LogP contribution in [0.3, 0.4) is 0 Å². The third kappa shape index (κ3) is 3.79. The lowest BCUT2D eigenvalue weighted by Crippen LogP contribution is -2.20. The average molecular weight is 332 g/mol. The van der Waals surface area contributed by atoms with E-state index in [1.807, 2.05) is 19.1 Å². The van der Waals surface area contributed by atoms with Crippen LogP contribution in [0.15, 0.2) is 24.3 Å². The third-order valence-electron chi connectivity index (χ3n) is 3.81. The van der Waals surface area contributed by atoms with Crippen LogP contribution in [0.25, 0.3) is 0 Å². The van der Waals surface area contributed by atoms with Gasteiger partial charge in [-0.2, -0.15) is 0 Å². The van der Waals surface area contributed by atoms with E-state index in [-0.39, 0.29) is 22.5 Å². The van der Waals surface area contributed by atoms with Crippen molar-refractivity contribution in [1.82, 2.24) is 9.97 Å². The maximum absolute atomic E-state index is 11.2. The van der Waals surface area contributed by atoms with E-state index in [2.05, 4.69) is 15.3 Å². The molecule has 1 aromatic carbocycles. The molecule has 1 aliphatic carbocycles. The van der Waals surface area contributed by atoms with Gasteiger partial charge in [-0.15, -0.1) is 0 Å². The van der Waals surface area contributed by atoms with Crippen LogP contribution in [0.5, 0.6) is 5.75 Å². The van der Waals surface area contributed by atoms with Crippen LogP contribution in [0.4, 0.5) is 5.82 Å². The SMILES string of the molecule is C[C@H](Cc1ccc(O)cc1)Nc1nc(C2CC2)nc(C=O)c1Cl. The molecule has 1 saturated carbocycles. The highest BCUT2D eigenvalue weighted by Crippen LogP contribution is 2.39. The molecule has 0 radical (unpaired) electrons. The number of aldehydes is 1. The summed E-state index contributed by atoms with van der Waals surface area (Å²) in [7, 11) is 0. The zero-order chi connectivity index (χ0) is 16.4. The molecular weight excluding hydrogens is 314 g/mol. The maximum Gasteiger partial charge on any atom is 0.170 e. The van der Waals surface area contributed by atoms with Crippen molar-refractivity contribution in [3.8, 4) is 5.75 Å². The summed E-state index contributed by atoms with van der Waals surface area (Å²) in [4.78, 5) is 19.9. The quantitative estimate of drug-likeness (QED) is 0.791. The molecular formula is C17H18ClN3O2. The van der Waals surface area contributed by atoms with Gasteiger partial charge in [-0.1, -0.05) is 23.7 Å². The Morgan fingerprint density at radius 3 is 2.65 bits per heavy atom. The van der Waals surface area contributed by atoms with Gasteiger partial charge in [0.05, 0.1) is 0 Å². The first-order valence-electron chi connectivity index (χ1n) is 7.64. The summed E-state index contributed by atoms with van der Waals surface area (Å²) in [5, 5.41) is 12.9. The van der Waals surface area contributed by atoms with E-state index in [0.29, 0.717) is 23.8 Å². The largest absolute Gasteiger partial charge is 0.508 e. The van der Waals surface area contributed by atoms with Gasteiger partial charge in [-0.3, -0.25) is 4.79 Å². The molecule has 3 rings (SSSR count). The molecule has 1 aromatic heterocycles. The molecule has 6 heteroatoms. The van der Waals surface area contributed by atoms with Crippen LogP contribution in [-0.4, -0.2) is 27.4 Å².